The molecule has 10 nitrogen and oxygen atoms in total. The molecule has 180 valence electrons. The van der Waals surface area contributed by atoms with Crippen LogP contribution in [0.3, 0.4) is 0 Å². The number of nitrogens with two attached hydrogens (primary N) is 1. The maximum absolute atomic E-state index is 12.6. The molecule has 0 aliphatic carbocycles. The van der Waals surface area contributed by atoms with Gasteiger partial charge in [0.1, 0.15) is 18.1 Å². The second-order valence-corrected chi connectivity index (χ2v) is 8.58. The van der Waals surface area contributed by atoms with Crippen LogP contribution in [0.2, 0.25) is 0 Å². The van der Waals surface area contributed by atoms with E-state index in [0.29, 0.717) is 0 Å². The Labute approximate surface area is 197 Å². The van der Waals surface area contributed by atoms with Gasteiger partial charge in [-0.3, -0.25) is 14.4 Å². The summed E-state index contributed by atoms with van der Waals surface area (Å²) in [5, 5.41) is 17.6. The van der Waals surface area contributed by atoms with Gasteiger partial charge in [-0.2, -0.15) is 12.6 Å². The predicted molar refractivity (Wildman–Crippen MR) is 128 cm³/mol. The van der Waals surface area contributed by atoms with E-state index in [4.69, 9.17) is 10.8 Å². The third-order valence-electron chi connectivity index (χ3n) is 5.25. The van der Waals surface area contributed by atoms with E-state index in [1.54, 1.807) is 20.0 Å². The predicted octanol–water partition coefficient (Wildman–Crippen LogP) is 0.182. The van der Waals surface area contributed by atoms with Crippen LogP contribution in [0.5, 0.6) is 0 Å². The minimum Gasteiger partial charge on any atom is -0.480 e. The number of thiol groups is 1. The van der Waals surface area contributed by atoms with Crippen molar-refractivity contribution < 1.29 is 24.3 Å². The van der Waals surface area contributed by atoms with Crippen LogP contribution in [0, 0.1) is 5.92 Å². The van der Waals surface area contributed by atoms with Gasteiger partial charge < -0.3 is 31.8 Å². The number of rotatable bonds is 11. The highest BCUT2D eigenvalue weighted by Crippen LogP contribution is 2.18. The summed E-state index contributed by atoms with van der Waals surface area (Å²) >= 11 is 3.92. The van der Waals surface area contributed by atoms with Crippen LogP contribution >= 0.6 is 12.6 Å². The van der Waals surface area contributed by atoms with Crippen molar-refractivity contribution in [3.05, 3.63) is 36.0 Å². The van der Waals surface area contributed by atoms with Crippen molar-refractivity contribution >= 4 is 47.2 Å². The molecule has 0 fully saturated rings. The number of benzene rings is 1. The molecule has 0 saturated heterocycles. The number of hydrogen-bond donors (Lipinski definition) is 7. The first-order valence-electron chi connectivity index (χ1n) is 10.6. The van der Waals surface area contributed by atoms with Crippen LogP contribution in [-0.2, 0) is 25.6 Å². The maximum atomic E-state index is 12.6. The third kappa shape index (κ3) is 6.96. The molecule has 11 heteroatoms. The zero-order valence-electron chi connectivity index (χ0n) is 18.8. The molecule has 4 unspecified atom stereocenters. The molecule has 2 aromatic rings. The quantitative estimate of drug-likeness (QED) is 0.228. The number of fused-ring (bicyclic) bond motifs is 1. The Bertz CT molecular complexity index is 1010. The number of carbonyl (C=O) groups excluding carboxylic acids is 3. The highest BCUT2D eigenvalue weighted by molar-refractivity contribution is 7.80. The van der Waals surface area contributed by atoms with E-state index in [0.717, 1.165) is 16.5 Å². The van der Waals surface area contributed by atoms with E-state index in [1.807, 2.05) is 24.3 Å². The minimum absolute atomic E-state index is 0.0966. The molecule has 1 aromatic heterocycles. The van der Waals surface area contributed by atoms with Gasteiger partial charge in [-0.1, -0.05) is 32.0 Å². The summed E-state index contributed by atoms with van der Waals surface area (Å²) in [6.07, 6.45) is 2.08. The van der Waals surface area contributed by atoms with E-state index >= 15 is 0 Å². The lowest BCUT2D eigenvalue weighted by Gasteiger charge is -2.25. The SMILES string of the molecule is CC(NC(=O)C(N)Cc1c[nH]c2ccccc12)C(=O)NC(C(=O)NC(CS)C(=O)O)C(C)C. The van der Waals surface area contributed by atoms with Gasteiger partial charge in [0.05, 0.1) is 6.04 Å². The molecule has 7 N–H and O–H groups in total. The number of amides is 3. The first-order valence-corrected chi connectivity index (χ1v) is 11.2. The van der Waals surface area contributed by atoms with E-state index in [1.165, 1.54) is 6.92 Å². The van der Waals surface area contributed by atoms with Gasteiger partial charge in [0.2, 0.25) is 17.7 Å². The maximum Gasteiger partial charge on any atom is 0.327 e. The fraction of sp³-hybridized carbons (Fsp3) is 0.455. The van der Waals surface area contributed by atoms with Crippen molar-refractivity contribution in [3.63, 3.8) is 0 Å². The highest BCUT2D eigenvalue weighted by Gasteiger charge is 2.30. The van der Waals surface area contributed by atoms with Gasteiger partial charge >= 0.3 is 5.97 Å². The lowest BCUT2D eigenvalue weighted by atomic mass is 10.0. The van der Waals surface area contributed by atoms with Gasteiger partial charge in [-0.05, 0) is 30.9 Å². The van der Waals surface area contributed by atoms with Gasteiger partial charge in [0.15, 0.2) is 0 Å². The number of aromatic nitrogens is 1. The second kappa shape index (κ2) is 11.7. The molecular weight excluding hydrogens is 446 g/mol. The van der Waals surface area contributed by atoms with Crippen LogP contribution in [0.15, 0.2) is 30.5 Å². The van der Waals surface area contributed by atoms with Gasteiger partial charge in [-0.25, -0.2) is 4.79 Å². The number of carbonyl (C=O) groups is 4. The Kier molecular flexibility index (Phi) is 9.30. The average molecular weight is 478 g/mol. The number of hydrogen-bond acceptors (Lipinski definition) is 6. The number of aromatic amines is 1. The number of carboxylic acids is 1. The highest BCUT2D eigenvalue weighted by atomic mass is 32.1. The molecular formula is C22H31N5O5S. The number of carboxylic acid groups (broad SMARTS) is 1. The minimum atomic E-state index is -1.22. The summed E-state index contributed by atoms with van der Waals surface area (Å²) in [6.45, 7) is 4.90. The molecule has 1 aromatic carbocycles. The largest absolute Gasteiger partial charge is 0.480 e. The summed E-state index contributed by atoms with van der Waals surface area (Å²) < 4.78 is 0. The molecule has 0 aliphatic heterocycles. The van der Waals surface area contributed by atoms with Crippen molar-refractivity contribution in [3.8, 4) is 0 Å². The van der Waals surface area contributed by atoms with E-state index in [-0.39, 0.29) is 18.1 Å². The monoisotopic (exact) mass is 477 g/mol. The van der Waals surface area contributed by atoms with E-state index < -0.39 is 47.9 Å². The average Bonchev–Trinajstić information content (AvgIpc) is 3.17. The zero-order valence-corrected chi connectivity index (χ0v) is 19.7. The van der Waals surface area contributed by atoms with Gasteiger partial charge in [-0.15, -0.1) is 0 Å². The molecule has 1 heterocycles. The first kappa shape index (κ1) is 26.2. The lowest BCUT2D eigenvalue weighted by molar-refractivity contribution is -0.142. The molecule has 4 atom stereocenters. The molecule has 0 spiro atoms. The molecule has 2 rings (SSSR count). The zero-order chi connectivity index (χ0) is 24.7. The normalized spacial score (nSPS) is 14.8. The smallest absolute Gasteiger partial charge is 0.327 e. The van der Waals surface area contributed by atoms with Crippen molar-refractivity contribution in [2.75, 3.05) is 5.75 Å². The molecule has 0 bridgehead atoms. The molecule has 3 amide bonds. The van der Waals surface area contributed by atoms with Gasteiger partial charge in [0, 0.05) is 22.9 Å². The van der Waals surface area contributed by atoms with E-state index in [2.05, 4.69) is 33.6 Å². The number of H-pyrrole nitrogens is 1. The summed E-state index contributed by atoms with van der Waals surface area (Å²) in [7, 11) is 0. The third-order valence-corrected chi connectivity index (χ3v) is 5.61. The number of para-hydroxylation sites is 1. The summed E-state index contributed by atoms with van der Waals surface area (Å²) in [5.41, 5.74) is 7.89. The topological polar surface area (TPSA) is 166 Å². The van der Waals surface area contributed by atoms with Crippen molar-refractivity contribution in [2.45, 2.75) is 51.4 Å². The fourth-order valence-corrected chi connectivity index (χ4v) is 3.52. The van der Waals surface area contributed by atoms with Crippen LogP contribution in [-0.4, -0.2) is 63.7 Å². The summed E-state index contributed by atoms with van der Waals surface area (Å²) in [4.78, 5) is 51.9. The summed E-state index contributed by atoms with van der Waals surface area (Å²) in [5.74, 6) is -3.38. The summed E-state index contributed by atoms with van der Waals surface area (Å²) in [6, 6.07) is 3.65. The van der Waals surface area contributed by atoms with Crippen LogP contribution < -0.4 is 21.7 Å². The Hall–Kier alpha value is -3.05. The van der Waals surface area contributed by atoms with Crippen molar-refractivity contribution in [1.29, 1.82) is 0 Å². The lowest BCUT2D eigenvalue weighted by Crippen LogP contribution is -2.58. The van der Waals surface area contributed by atoms with Crippen LogP contribution in [0.25, 0.3) is 10.9 Å². The van der Waals surface area contributed by atoms with Crippen LogP contribution in [0.1, 0.15) is 26.3 Å². The standard InChI is InChI=1S/C22H31N5O5S/c1-11(2)18(21(30)26-17(10-33)22(31)32)27-19(28)12(3)25-20(29)15(23)8-13-9-24-16-7-5-4-6-14(13)16/h4-7,9,11-12,15,17-18,24,33H,8,10,23H2,1-3H3,(H,25,29)(H,26,30)(H,27,28)(H,31,32). The number of nitrogens with one attached hydrogen (secondary N) is 4. The second-order valence-electron chi connectivity index (χ2n) is 8.21. The van der Waals surface area contributed by atoms with Crippen molar-refractivity contribution in [1.82, 2.24) is 20.9 Å². The Morgan fingerprint density at radius 1 is 1.03 bits per heavy atom. The number of aliphatic carboxylic acids is 1. The molecule has 0 radical (unpaired) electrons. The molecule has 0 aliphatic rings. The molecule has 33 heavy (non-hydrogen) atoms. The van der Waals surface area contributed by atoms with Gasteiger partial charge in [0.25, 0.3) is 0 Å². The Balaban J connectivity index is 1.96. The first-order chi connectivity index (χ1) is 15.5. The Morgan fingerprint density at radius 3 is 2.30 bits per heavy atom. The van der Waals surface area contributed by atoms with Crippen LogP contribution in [0.4, 0.5) is 0 Å². The fourth-order valence-electron chi connectivity index (χ4n) is 3.28. The Morgan fingerprint density at radius 2 is 1.70 bits per heavy atom. The van der Waals surface area contributed by atoms with E-state index in [9.17, 15) is 19.2 Å². The van der Waals surface area contributed by atoms with Crippen molar-refractivity contribution in [2.24, 2.45) is 11.7 Å². The molecule has 0 saturated carbocycles.